The first-order valence-corrected chi connectivity index (χ1v) is 12.7. The van der Waals surface area contributed by atoms with E-state index in [4.69, 9.17) is 11.6 Å². The Kier molecular flexibility index (Phi) is 5.48. The van der Waals surface area contributed by atoms with Gasteiger partial charge in [-0.3, -0.25) is 4.72 Å². The van der Waals surface area contributed by atoms with E-state index in [9.17, 15) is 18.3 Å². The number of carboxylic acid groups (broad SMARTS) is 1. The standard InChI is InChI=1S/C23H18ClN3O4S2/c24-18-13-20(27-9-1-2-10-27)19(12-17(18)21-7-8-25-32-21)26-33(30,31)22-11-15(23(28)29)5-6-16(22)14-3-4-14/h1-2,5-14,26H,3-4H2,(H,28,29). The maximum absolute atomic E-state index is 13.6. The van der Waals surface area contributed by atoms with Crippen LogP contribution in [0.4, 0.5) is 5.69 Å². The van der Waals surface area contributed by atoms with Gasteiger partial charge in [0, 0.05) is 24.2 Å². The number of hydrogen-bond donors (Lipinski definition) is 2. The van der Waals surface area contributed by atoms with E-state index in [1.807, 2.05) is 12.1 Å². The Morgan fingerprint density at radius 1 is 1.15 bits per heavy atom. The Labute approximate surface area is 199 Å². The van der Waals surface area contributed by atoms with Gasteiger partial charge < -0.3 is 9.67 Å². The number of sulfonamides is 1. The molecule has 5 rings (SSSR count). The zero-order valence-corrected chi connectivity index (χ0v) is 19.5. The Hall–Kier alpha value is -3.14. The van der Waals surface area contributed by atoms with Crippen molar-refractivity contribution in [3.05, 3.63) is 83.3 Å². The van der Waals surface area contributed by atoms with Crippen molar-refractivity contribution in [3.63, 3.8) is 0 Å². The van der Waals surface area contributed by atoms with Gasteiger partial charge in [0.15, 0.2) is 0 Å². The minimum atomic E-state index is -4.10. The lowest BCUT2D eigenvalue weighted by molar-refractivity contribution is 0.0696. The fraction of sp³-hybridized carbons (Fsp3) is 0.130. The van der Waals surface area contributed by atoms with Crippen LogP contribution in [0.25, 0.3) is 16.1 Å². The van der Waals surface area contributed by atoms with Gasteiger partial charge in [0.1, 0.15) is 0 Å². The van der Waals surface area contributed by atoms with E-state index >= 15 is 0 Å². The van der Waals surface area contributed by atoms with Crippen molar-refractivity contribution in [1.29, 1.82) is 0 Å². The summed E-state index contributed by atoms with van der Waals surface area (Å²) < 4.78 is 35.7. The van der Waals surface area contributed by atoms with Crippen LogP contribution in [0.1, 0.15) is 34.7 Å². The molecule has 10 heteroatoms. The molecule has 2 N–H and O–H groups in total. The van der Waals surface area contributed by atoms with Crippen LogP contribution in [0.5, 0.6) is 0 Å². The van der Waals surface area contributed by atoms with Crippen molar-refractivity contribution in [2.45, 2.75) is 23.7 Å². The molecule has 0 amide bonds. The number of aromatic carboxylic acids is 1. The Morgan fingerprint density at radius 2 is 1.91 bits per heavy atom. The fourth-order valence-corrected chi connectivity index (χ4v) is 6.06. The molecule has 0 radical (unpaired) electrons. The van der Waals surface area contributed by atoms with E-state index in [-0.39, 0.29) is 16.4 Å². The number of anilines is 1. The second kappa shape index (κ2) is 8.33. The number of nitrogens with one attached hydrogen (secondary N) is 1. The highest BCUT2D eigenvalue weighted by atomic mass is 35.5. The van der Waals surface area contributed by atoms with Crippen molar-refractivity contribution < 1.29 is 18.3 Å². The molecule has 0 aliphatic heterocycles. The summed E-state index contributed by atoms with van der Waals surface area (Å²) in [5.74, 6) is -1.07. The summed E-state index contributed by atoms with van der Waals surface area (Å²) >= 11 is 7.80. The SMILES string of the molecule is O=C(O)c1ccc(C2CC2)c(S(=O)(=O)Nc2cc(-c3ccns3)c(Cl)cc2-n2cccc2)c1. The third-order valence-corrected chi connectivity index (χ3v) is 8.00. The van der Waals surface area contributed by atoms with E-state index in [1.54, 1.807) is 47.4 Å². The van der Waals surface area contributed by atoms with Crippen LogP contribution in [0.2, 0.25) is 5.02 Å². The molecule has 0 unspecified atom stereocenters. The Morgan fingerprint density at radius 3 is 2.55 bits per heavy atom. The molecular weight excluding hydrogens is 482 g/mol. The summed E-state index contributed by atoms with van der Waals surface area (Å²) in [5, 5.41) is 9.87. The number of nitrogens with zero attached hydrogens (tertiary/aromatic N) is 2. The molecule has 7 nitrogen and oxygen atoms in total. The van der Waals surface area contributed by atoms with Crippen LogP contribution >= 0.6 is 23.1 Å². The highest BCUT2D eigenvalue weighted by Gasteiger charge is 2.32. The van der Waals surface area contributed by atoms with Crippen LogP contribution in [-0.4, -0.2) is 28.4 Å². The van der Waals surface area contributed by atoms with Crippen LogP contribution in [0, 0.1) is 0 Å². The number of aromatic nitrogens is 2. The van der Waals surface area contributed by atoms with Gasteiger partial charge in [0.05, 0.1) is 31.7 Å². The van der Waals surface area contributed by atoms with Crippen LogP contribution in [-0.2, 0) is 10.0 Å². The number of carbonyl (C=O) groups is 1. The van der Waals surface area contributed by atoms with Gasteiger partial charge in [-0.15, -0.1) is 0 Å². The lowest BCUT2D eigenvalue weighted by Crippen LogP contribution is -2.17. The molecular formula is C23H18ClN3O4S2. The smallest absolute Gasteiger partial charge is 0.335 e. The van der Waals surface area contributed by atoms with Crippen LogP contribution in [0.15, 0.2) is 72.0 Å². The fourth-order valence-electron chi connectivity index (χ4n) is 3.73. The minimum absolute atomic E-state index is 0.0161. The van der Waals surface area contributed by atoms with Gasteiger partial charge in [-0.05, 0) is 78.3 Å². The average Bonchev–Trinajstić information content (AvgIpc) is 3.24. The molecule has 1 fully saturated rings. The lowest BCUT2D eigenvalue weighted by atomic mass is 10.1. The molecule has 0 bridgehead atoms. The number of halogens is 1. The molecule has 2 aromatic heterocycles. The molecule has 1 aliphatic rings. The Bertz CT molecular complexity index is 1450. The molecule has 1 saturated carbocycles. The average molecular weight is 500 g/mol. The number of hydrogen-bond acceptors (Lipinski definition) is 5. The summed E-state index contributed by atoms with van der Waals surface area (Å²) in [6.45, 7) is 0. The highest BCUT2D eigenvalue weighted by molar-refractivity contribution is 7.92. The van der Waals surface area contributed by atoms with Gasteiger partial charge >= 0.3 is 5.97 Å². The first-order valence-electron chi connectivity index (χ1n) is 10.1. The summed E-state index contributed by atoms with van der Waals surface area (Å²) in [5.41, 5.74) is 2.07. The highest BCUT2D eigenvalue weighted by Crippen LogP contribution is 2.44. The Balaban J connectivity index is 1.65. The quantitative estimate of drug-likeness (QED) is 0.343. The molecule has 4 aromatic rings. The van der Waals surface area contributed by atoms with Gasteiger partial charge in [-0.25, -0.2) is 17.6 Å². The predicted molar refractivity (Wildman–Crippen MR) is 128 cm³/mol. The van der Waals surface area contributed by atoms with Gasteiger partial charge in [-0.1, -0.05) is 17.7 Å². The topological polar surface area (TPSA) is 101 Å². The third-order valence-electron chi connectivity index (χ3n) is 5.48. The summed E-state index contributed by atoms with van der Waals surface area (Å²) in [6.07, 6.45) is 6.98. The molecule has 168 valence electrons. The van der Waals surface area contributed by atoms with E-state index < -0.39 is 16.0 Å². The van der Waals surface area contributed by atoms with E-state index in [0.717, 1.165) is 17.7 Å². The molecule has 0 spiro atoms. The molecule has 1 aliphatic carbocycles. The van der Waals surface area contributed by atoms with Crippen molar-refractivity contribution >= 4 is 44.8 Å². The summed E-state index contributed by atoms with van der Waals surface area (Å²) in [6, 6.07) is 13.1. The molecule has 0 saturated heterocycles. The summed E-state index contributed by atoms with van der Waals surface area (Å²) in [4.78, 5) is 12.3. The van der Waals surface area contributed by atoms with E-state index in [2.05, 4.69) is 9.10 Å². The summed E-state index contributed by atoms with van der Waals surface area (Å²) in [7, 11) is -4.10. The minimum Gasteiger partial charge on any atom is -0.478 e. The lowest BCUT2D eigenvalue weighted by Gasteiger charge is -2.18. The van der Waals surface area contributed by atoms with E-state index in [1.165, 1.54) is 23.7 Å². The third kappa shape index (κ3) is 4.27. The normalized spacial score (nSPS) is 13.7. The monoisotopic (exact) mass is 499 g/mol. The molecule has 2 aromatic carbocycles. The first kappa shape index (κ1) is 21.7. The van der Waals surface area contributed by atoms with Crippen molar-refractivity contribution in [1.82, 2.24) is 8.94 Å². The molecule has 2 heterocycles. The van der Waals surface area contributed by atoms with Crippen molar-refractivity contribution in [2.24, 2.45) is 0 Å². The largest absolute Gasteiger partial charge is 0.478 e. The number of carboxylic acids is 1. The second-order valence-electron chi connectivity index (χ2n) is 7.75. The number of benzene rings is 2. The van der Waals surface area contributed by atoms with Crippen molar-refractivity contribution in [2.75, 3.05) is 4.72 Å². The predicted octanol–water partition coefficient (Wildman–Crippen LogP) is 5.63. The van der Waals surface area contributed by atoms with Gasteiger partial charge in [-0.2, -0.15) is 0 Å². The zero-order chi connectivity index (χ0) is 23.2. The second-order valence-corrected chi connectivity index (χ2v) is 10.6. The molecule has 33 heavy (non-hydrogen) atoms. The van der Waals surface area contributed by atoms with Crippen LogP contribution in [0.3, 0.4) is 0 Å². The zero-order valence-electron chi connectivity index (χ0n) is 17.1. The van der Waals surface area contributed by atoms with Crippen LogP contribution < -0.4 is 4.72 Å². The van der Waals surface area contributed by atoms with Gasteiger partial charge in [0.25, 0.3) is 10.0 Å². The number of rotatable bonds is 7. The maximum atomic E-state index is 13.6. The maximum Gasteiger partial charge on any atom is 0.335 e. The molecule has 0 atom stereocenters. The first-order chi connectivity index (χ1) is 15.8. The van der Waals surface area contributed by atoms with E-state index in [0.29, 0.717) is 27.5 Å². The van der Waals surface area contributed by atoms with Crippen molar-refractivity contribution in [3.8, 4) is 16.1 Å². The van der Waals surface area contributed by atoms with Gasteiger partial charge in [0.2, 0.25) is 0 Å².